The first kappa shape index (κ1) is 14.6. The highest BCUT2D eigenvalue weighted by atomic mass is 16.5. The summed E-state index contributed by atoms with van der Waals surface area (Å²) in [5, 5.41) is 16.1. The van der Waals surface area contributed by atoms with Crippen LogP contribution in [0, 0.1) is 4.91 Å². The van der Waals surface area contributed by atoms with Gasteiger partial charge in [-0.3, -0.25) is 0 Å². The van der Waals surface area contributed by atoms with Crippen molar-refractivity contribution in [3.8, 4) is 22.6 Å². The molecule has 1 N–H and O–H groups in total. The van der Waals surface area contributed by atoms with Gasteiger partial charge in [0.1, 0.15) is 12.2 Å². The SMILES string of the molecule is O=NCc1c(-c2cccc(C(=O)O)c2)noc1-c1ccccc1. The van der Waals surface area contributed by atoms with Crippen molar-refractivity contribution in [2.45, 2.75) is 6.54 Å². The van der Waals surface area contributed by atoms with Gasteiger partial charge in [0.25, 0.3) is 0 Å². The Kier molecular flexibility index (Phi) is 3.97. The zero-order valence-corrected chi connectivity index (χ0v) is 12.0. The van der Waals surface area contributed by atoms with E-state index in [2.05, 4.69) is 10.3 Å². The molecule has 1 aromatic heterocycles. The van der Waals surface area contributed by atoms with Crippen LogP contribution >= 0.6 is 0 Å². The van der Waals surface area contributed by atoms with Gasteiger partial charge in [0.2, 0.25) is 0 Å². The van der Waals surface area contributed by atoms with Gasteiger partial charge >= 0.3 is 5.97 Å². The largest absolute Gasteiger partial charge is 0.478 e. The lowest BCUT2D eigenvalue weighted by molar-refractivity contribution is 0.0697. The highest BCUT2D eigenvalue weighted by Gasteiger charge is 2.19. The number of carboxylic acid groups (broad SMARTS) is 1. The van der Waals surface area contributed by atoms with Gasteiger partial charge in [-0.1, -0.05) is 52.8 Å². The molecule has 0 aliphatic rings. The first-order valence-electron chi connectivity index (χ1n) is 6.87. The third-order valence-electron chi connectivity index (χ3n) is 3.43. The first-order valence-corrected chi connectivity index (χ1v) is 6.87. The molecule has 0 aliphatic carbocycles. The minimum absolute atomic E-state index is 0.111. The maximum absolute atomic E-state index is 11.1. The minimum atomic E-state index is -1.03. The number of aromatic carboxylic acids is 1. The van der Waals surface area contributed by atoms with Crippen molar-refractivity contribution in [1.29, 1.82) is 0 Å². The van der Waals surface area contributed by atoms with Crippen LogP contribution < -0.4 is 0 Å². The van der Waals surface area contributed by atoms with Crippen LogP contribution in [0.4, 0.5) is 0 Å². The van der Waals surface area contributed by atoms with Crippen LogP contribution in [0.1, 0.15) is 15.9 Å². The molecule has 0 saturated carbocycles. The van der Waals surface area contributed by atoms with Crippen LogP contribution in [0.25, 0.3) is 22.6 Å². The van der Waals surface area contributed by atoms with Crippen molar-refractivity contribution in [3.05, 3.63) is 70.6 Å². The van der Waals surface area contributed by atoms with Crippen molar-refractivity contribution in [3.63, 3.8) is 0 Å². The summed E-state index contributed by atoms with van der Waals surface area (Å²) in [4.78, 5) is 21.9. The second-order valence-corrected chi connectivity index (χ2v) is 4.88. The maximum atomic E-state index is 11.1. The fourth-order valence-corrected chi connectivity index (χ4v) is 2.36. The number of carbonyl (C=O) groups is 1. The number of rotatable bonds is 5. The number of nitroso groups, excluding NO2 is 1. The number of carboxylic acids is 1. The molecule has 0 fully saturated rings. The molecule has 1 heterocycles. The first-order chi connectivity index (χ1) is 11.2. The fraction of sp³-hybridized carbons (Fsp3) is 0.0588. The highest BCUT2D eigenvalue weighted by molar-refractivity contribution is 5.89. The van der Waals surface area contributed by atoms with Crippen LogP contribution in [-0.2, 0) is 6.54 Å². The van der Waals surface area contributed by atoms with Gasteiger partial charge in [0, 0.05) is 11.1 Å². The normalized spacial score (nSPS) is 10.4. The average molecular weight is 308 g/mol. The Balaban J connectivity index is 2.13. The molecule has 0 radical (unpaired) electrons. The molecule has 23 heavy (non-hydrogen) atoms. The van der Waals surface area contributed by atoms with Crippen molar-refractivity contribution < 1.29 is 14.4 Å². The Labute approximate surface area is 131 Å². The van der Waals surface area contributed by atoms with E-state index in [1.54, 1.807) is 12.1 Å². The van der Waals surface area contributed by atoms with Crippen molar-refractivity contribution in [2.75, 3.05) is 0 Å². The second-order valence-electron chi connectivity index (χ2n) is 4.88. The number of aromatic nitrogens is 1. The molecule has 3 aromatic rings. The molecule has 6 heteroatoms. The molecule has 0 unspecified atom stereocenters. The van der Waals surface area contributed by atoms with E-state index >= 15 is 0 Å². The van der Waals surface area contributed by atoms with Gasteiger partial charge in [0.15, 0.2) is 5.76 Å². The molecule has 6 nitrogen and oxygen atoms in total. The van der Waals surface area contributed by atoms with Crippen LogP contribution in [0.5, 0.6) is 0 Å². The number of nitrogens with zero attached hydrogens (tertiary/aromatic N) is 2. The van der Waals surface area contributed by atoms with Crippen molar-refractivity contribution >= 4 is 5.97 Å². The summed E-state index contributed by atoms with van der Waals surface area (Å²) >= 11 is 0. The monoisotopic (exact) mass is 308 g/mol. The van der Waals surface area contributed by atoms with E-state index < -0.39 is 5.97 Å². The third-order valence-corrected chi connectivity index (χ3v) is 3.43. The third kappa shape index (κ3) is 2.87. The quantitative estimate of drug-likeness (QED) is 0.720. The average Bonchev–Trinajstić information content (AvgIpc) is 3.00. The molecule has 0 atom stereocenters. The molecular weight excluding hydrogens is 296 g/mol. The molecule has 0 saturated heterocycles. The number of hydrogen-bond donors (Lipinski definition) is 1. The molecule has 114 valence electrons. The molecule has 2 aromatic carbocycles. The predicted molar refractivity (Wildman–Crippen MR) is 83.8 cm³/mol. The molecule has 3 rings (SSSR count). The van der Waals surface area contributed by atoms with E-state index in [1.807, 2.05) is 30.3 Å². The van der Waals surface area contributed by atoms with E-state index in [0.717, 1.165) is 5.56 Å². The molecule has 0 amide bonds. The number of benzene rings is 2. The lowest BCUT2D eigenvalue weighted by Crippen LogP contribution is -1.96. The van der Waals surface area contributed by atoms with E-state index in [9.17, 15) is 9.70 Å². The molecule has 0 aliphatic heterocycles. The van der Waals surface area contributed by atoms with Gasteiger partial charge in [0.05, 0.1) is 11.1 Å². The zero-order chi connectivity index (χ0) is 16.2. The van der Waals surface area contributed by atoms with Gasteiger partial charge in [-0.15, -0.1) is 0 Å². The van der Waals surface area contributed by atoms with Crippen LogP contribution in [-0.4, -0.2) is 16.2 Å². The van der Waals surface area contributed by atoms with Gasteiger partial charge in [-0.2, -0.15) is 4.91 Å². The summed E-state index contributed by atoms with van der Waals surface area (Å²) in [6, 6.07) is 15.6. The summed E-state index contributed by atoms with van der Waals surface area (Å²) in [5.74, 6) is -0.574. The molecule has 0 spiro atoms. The van der Waals surface area contributed by atoms with Gasteiger partial charge in [-0.05, 0) is 12.1 Å². The summed E-state index contributed by atoms with van der Waals surface area (Å²) in [6.45, 7) is -0.111. The maximum Gasteiger partial charge on any atom is 0.335 e. The second kappa shape index (κ2) is 6.23. The Bertz CT molecular complexity index is 856. The summed E-state index contributed by atoms with van der Waals surface area (Å²) < 4.78 is 5.39. The van der Waals surface area contributed by atoms with E-state index in [4.69, 9.17) is 9.63 Å². The minimum Gasteiger partial charge on any atom is -0.478 e. The fourth-order valence-electron chi connectivity index (χ4n) is 2.36. The van der Waals surface area contributed by atoms with Crippen LogP contribution in [0.2, 0.25) is 0 Å². The number of hydrogen-bond acceptors (Lipinski definition) is 5. The van der Waals surface area contributed by atoms with E-state index in [0.29, 0.717) is 22.6 Å². The van der Waals surface area contributed by atoms with Crippen molar-refractivity contribution in [2.24, 2.45) is 5.18 Å². The molecule has 0 bridgehead atoms. The predicted octanol–water partition coefficient (Wildman–Crippen LogP) is 3.97. The van der Waals surface area contributed by atoms with Gasteiger partial charge < -0.3 is 9.63 Å². The lowest BCUT2D eigenvalue weighted by Gasteiger charge is -2.02. The summed E-state index contributed by atoms with van der Waals surface area (Å²) in [6.07, 6.45) is 0. The standard InChI is InChI=1S/C17H12N2O4/c20-17(21)13-8-4-7-12(9-13)15-14(10-18-22)16(23-19-15)11-5-2-1-3-6-11/h1-9H,10H2,(H,20,21). The molecular formula is C17H12N2O4. The Hall–Kier alpha value is -3.28. The Morgan fingerprint density at radius 3 is 2.52 bits per heavy atom. The van der Waals surface area contributed by atoms with E-state index in [1.165, 1.54) is 12.1 Å². The highest BCUT2D eigenvalue weighted by Crippen LogP contribution is 2.33. The Morgan fingerprint density at radius 1 is 1.09 bits per heavy atom. The lowest BCUT2D eigenvalue weighted by atomic mass is 10.0. The summed E-state index contributed by atoms with van der Waals surface area (Å²) in [5.41, 5.74) is 2.44. The van der Waals surface area contributed by atoms with Crippen molar-refractivity contribution in [1.82, 2.24) is 5.16 Å². The van der Waals surface area contributed by atoms with Crippen LogP contribution in [0.15, 0.2) is 64.3 Å². The van der Waals surface area contributed by atoms with Gasteiger partial charge in [-0.25, -0.2) is 4.79 Å². The zero-order valence-electron chi connectivity index (χ0n) is 12.0. The smallest absolute Gasteiger partial charge is 0.335 e. The van der Waals surface area contributed by atoms with E-state index in [-0.39, 0.29) is 12.1 Å². The summed E-state index contributed by atoms with van der Waals surface area (Å²) in [7, 11) is 0. The Morgan fingerprint density at radius 2 is 1.83 bits per heavy atom. The van der Waals surface area contributed by atoms with Crippen LogP contribution in [0.3, 0.4) is 0 Å². The topological polar surface area (TPSA) is 92.8 Å².